The van der Waals surface area contributed by atoms with E-state index in [4.69, 9.17) is 0 Å². The van der Waals surface area contributed by atoms with Gasteiger partial charge in [-0.1, -0.05) is 36.4 Å². The number of rotatable bonds is 4. The van der Waals surface area contributed by atoms with Crippen LogP contribution >= 0.6 is 0 Å². The van der Waals surface area contributed by atoms with Crippen molar-refractivity contribution in [3.63, 3.8) is 0 Å². The molecule has 0 saturated carbocycles. The number of hydrogen-bond acceptors (Lipinski definition) is 3. The third-order valence-electron chi connectivity index (χ3n) is 3.86. The lowest BCUT2D eigenvalue weighted by Crippen LogP contribution is -2.23. The maximum atomic E-state index is 12.4. The van der Waals surface area contributed by atoms with E-state index in [-0.39, 0.29) is 17.3 Å². The zero-order valence-electron chi connectivity index (χ0n) is 13.0. The predicted molar refractivity (Wildman–Crippen MR) is 91.3 cm³/mol. The normalized spacial score (nSPS) is 13.6. The standard InChI is InChI=1S/C19H18N2O2/c1-14(22)17(19(23)20-16-8-3-2-4-9-16)13-21-12-11-15-7-5-6-10-18(15)21/h2-10,13H,11-12H2,1H3,(H,20,23). The molecule has 1 aliphatic rings. The summed E-state index contributed by atoms with van der Waals surface area (Å²) in [5.41, 5.74) is 3.12. The van der Waals surface area contributed by atoms with Gasteiger partial charge in [0.2, 0.25) is 0 Å². The maximum Gasteiger partial charge on any atom is 0.260 e. The minimum Gasteiger partial charge on any atom is -0.346 e. The highest BCUT2D eigenvalue weighted by Crippen LogP contribution is 2.28. The fourth-order valence-corrected chi connectivity index (χ4v) is 2.68. The summed E-state index contributed by atoms with van der Waals surface area (Å²) in [4.78, 5) is 26.3. The molecule has 0 bridgehead atoms. The van der Waals surface area contributed by atoms with Gasteiger partial charge in [0.25, 0.3) is 5.91 Å². The molecule has 0 aliphatic carbocycles. The van der Waals surface area contributed by atoms with Crippen LogP contribution in [0.3, 0.4) is 0 Å². The Kier molecular flexibility index (Phi) is 4.24. The van der Waals surface area contributed by atoms with Gasteiger partial charge in [-0.3, -0.25) is 9.59 Å². The van der Waals surface area contributed by atoms with Crippen LogP contribution in [0.15, 0.2) is 66.4 Å². The Morgan fingerprint density at radius 3 is 2.48 bits per heavy atom. The molecule has 3 rings (SSSR count). The SMILES string of the molecule is CC(=O)C(=CN1CCc2ccccc21)C(=O)Nc1ccccc1. The fourth-order valence-electron chi connectivity index (χ4n) is 2.68. The molecule has 116 valence electrons. The van der Waals surface area contributed by atoms with Crippen LogP contribution < -0.4 is 10.2 Å². The van der Waals surface area contributed by atoms with Gasteiger partial charge in [0.1, 0.15) is 0 Å². The van der Waals surface area contributed by atoms with Crippen molar-refractivity contribution in [1.29, 1.82) is 0 Å². The third kappa shape index (κ3) is 3.31. The summed E-state index contributed by atoms with van der Waals surface area (Å²) >= 11 is 0. The van der Waals surface area contributed by atoms with E-state index in [9.17, 15) is 9.59 Å². The quantitative estimate of drug-likeness (QED) is 0.536. The summed E-state index contributed by atoms with van der Waals surface area (Å²) in [5, 5.41) is 2.77. The lowest BCUT2D eigenvalue weighted by atomic mass is 10.1. The number of fused-ring (bicyclic) bond motifs is 1. The summed E-state index contributed by atoms with van der Waals surface area (Å²) in [6.07, 6.45) is 2.57. The van der Waals surface area contributed by atoms with Gasteiger partial charge < -0.3 is 10.2 Å². The maximum absolute atomic E-state index is 12.4. The number of carbonyl (C=O) groups excluding carboxylic acids is 2. The summed E-state index contributed by atoms with van der Waals surface area (Å²) in [7, 11) is 0. The second kappa shape index (κ2) is 6.48. The van der Waals surface area contributed by atoms with E-state index in [0.717, 1.165) is 18.7 Å². The van der Waals surface area contributed by atoms with Crippen LogP contribution in [0.25, 0.3) is 0 Å². The average Bonchev–Trinajstić information content (AvgIpc) is 2.96. The molecule has 0 fully saturated rings. The molecule has 2 aromatic carbocycles. The van der Waals surface area contributed by atoms with Gasteiger partial charge in [-0.25, -0.2) is 0 Å². The zero-order valence-corrected chi connectivity index (χ0v) is 13.0. The van der Waals surface area contributed by atoms with E-state index in [1.54, 1.807) is 18.3 Å². The number of amides is 1. The largest absolute Gasteiger partial charge is 0.346 e. The number of nitrogens with one attached hydrogen (secondary N) is 1. The summed E-state index contributed by atoms with van der Waals surface area (Å²) in [5.74, 6) is -0.629. The number of benzene rings is 2. The van der Waals surface area contributed by atoms with Crippen LogP contribution in [0.1, 0.15) is 12.5 Å². The number of ketones is 1. The van der Waals surface area contributed by atoms with Crippen LogP contribution in [-0.4, -0.2) is 18.2 Å². The zero-order chi connectivity index (χ0) is 16.2. The summed E-state index contributed by atoms with van der Waals surface area (Å²) in [6.45, 7) is 2.19. The monoisotopic (exact) mass is 306 g/mol. The number of nitrogens with zero attached hydrogens (tertiary/aromatic N) is 1. The Labute approximate surface area is 135 Å². The Bertz CT molecular complexity index is 766. The fraction of sp³-hybridized carbons (Fsp3) is 0.158. The van der Waals surface area contributed by atoms with E-state index in [1.807, 2.05) is 41.3 Å². The number of anilines is 2. The van der Waals surface area contributed by atoms with E-state index in [0.29, 0.717) is 5.69 Å². The van der Waals surface area contributed by atoms with Crippen molar-refractivity contribution >= 4 is 23.1 Å². The highest BCUT2D eigenvalue weighted by Gasteiger charge is 2.21. The average molecular weight is 306 g/mol. The van der Waals surface area contributed by atoms with Crippen LogP contribution in [0.2, 0.25) is 0 Å². The lowest BCUT2D eigenvalue weighted by Gasteiger charge is -2.16. The van der Waals surface area contributed by atoms with Crippen molar-refractivity contribution in [3.05, 3.63) is 71.9 Å². The third-order valence-corrected chi connectivity index (χ3v) is 3.86. The van der Waals surface area contributed by atoms with Crippen LogP contribution in [0.4, 0.5) is 11.4 Å². The molecule has 4 heteroatoms. The van der Waals surface area contributed by atoms with E-state index >= 15 is 0 Å². The molecule has 4 nitrogen and oxygen atoms in total. The first kappa shape index (κ1) is 15.0. The Hall–Kier alpha value is -2.88. The van der Waals surface area contributed by atoms with E-state index in [2.05, 4.69) is 11.4 Å². The van der Waals surface area contributed by atoms with Gasteiger partial charge in [0.05, 0.1) is 5.57 Å². The summed E-state index contributed by atoms with van der Waals surface area (Å²) in [6, 6.07) is 17.2. The van der Waals surface area contributed by atoms with Crippen LogP contribution in [0, 0.1) is 0 Å². The first-order chi connectivity index (χ1) is 11.1. The molecule has 1 N–H and O–H groups in total. The molecule has 1 heterocycles. The topological polar surface area (TPSA) is 49.4 Å². The van der Waals surface area contributed by atoms with Gasteiger partial charge in [0, 0.05) is 24.1 Å². The van der Waals surface area contributed by atoms with Gasteiger partial charge in [0.15, 0.2) is 5.78 Å². The molecule has 0 spiro atoms. The molecule has 0 atom stereocenters. The molecule has 0 unspecified atom stereocenters. The smallest absolute Gasteiger partial charge is 0.260 e. The van der Waals surface area contributed by atoms with Crippen molar-refractivity contribution < 1.29 is 9.59 Å². The first-order valence-electron chi connectivity index (χ1n) is 7.59. The number of hydrogen-bond donors (Lipinski definition) is 1. The Morgan fingerprint density at radius 2 is 1.74 bits per heavy atom. The minimum absolute atomic E-state index is 0.158. The Balaban J connectivity index is 1.85. The molecular formula is C19H18N2O2. The van der Waals surface area contributed by atoms with Gasteiger partial charge in [-0.15, -0.1) is 0 Å². The van der Waals surface area contributed by atoms with Crippen molar-refractivity contribution in [3.8, 4) is 0 Å². The highest BCUT2D eigenvalue weighted by atomic mass is 16.2. The molecule has 0 saturated heterocycles. The number of Topliss-reactive ketones (excluding diaryl/α,β-unsaturated/α-hetero) is 1. The summed E-state index contributed by atoms with van der Waals surface area (Å²) < 4.78 is 0. The molecule has 1 aliphatic heterocycles. The molecule has 1 amide bonds. The predicted octanol–water partition coefficient (Wildman–Crippen LogP) is 3.16. The van der Waals surface area contributed by atoms with E-state index in [1.165, 1.54) is 12.5 Å². The number of carbonyl (C=O) groups is 2. The van der Waals surface area contributed by atoms with E-state index < -0.39 is 0 Å². The lowest BCUT2D eigenvalue weighted by molar-refractivity contribution is -0.118. The molecular weight excluding hydrogens is 288 g/mol. The van der Waals surface area contributed by atoms with Crippen LogP contribution in [0.5, 0.6) is 0 Å². The van der Waals surface area contributed by atoms with Gasteiger partial charge >= 0.3 is 0 Å². The van der Waals surface area contributed by atoms with Crippen molar-refractivity contribution in [2.75, 3.05) is 16.8 Å². The van der Waals surface area contributed by atoms with Gasteiger partial charge in [-0.2, -0.15) is 0 Å². The molecule has 23 heavy (non-hydrogen) atoms. The first-order valence-corrected chi connectivity index (χ1v) is 7.59. The molecule has 0 radical (unpaired) electrons. The van der Waals surface area contributed by atoms with Crippen molar-refractivity contribution in [2.24, 2.45) is 0 Å². The molecule has 0 aromatic heterocycles. The minimum atomic E-state index is -0.381. The van der Waals surface area contributed by atoms with Crippen molar-refractivity contribution in [1.82, 2.24) is 0 Å². The second-order valence-electron chi connectivity index (χ2n) is 5.49. The van der Waals surface area contributed by atoms with Gasteiger partial charge in [-0.05, 0) is 37.1 Å². The Morgan fingerprint density at radius 1 is 1.04 bits per heavy atom. The second-order valence-corrected chi connectivity index (χ2v) is 5.49. The molecule has 2 aromatic rings. The highest BCUT2D eigenvalue weighted by molar-refractivity contribution is 6.23. The van der Waals surface area contributed by atoms with Crippen LogP contribution in [-0.2, 0) is 16.0 Å². The van der Waals surface area contributed by atoms with Crippen molar-refractivity contribution in [2.45, 2.75) is 13.3 Å². The number of para-hydroxylation sites is 2.